The van der Waals surface area contributed by atoms with Gasteiger partial charge in [-0.3, -0.25) is 0 Å². The Bertz CT molecular complexity index is 998. The third-order valence-corrected chi connectivity index (χ3v) is 4.37. The summed E-state index contributed by atoms with van der Waals surface area (Å²) >= 11 is 0. The molecule has 0 aromatic carbocycles. The zero-order chi connectivity index (χ0) is 35.9. The first kappa shape index (κ1) is 41.0. The van der Waals surface area contributed by atoms with Gasteiger partial charge in [-0.05, 0) is 0 Å². The van der Waals surface area contributed by atoms with Crippen LogP contribution in [0.25, 0.3) is 0 Å². The molecule has 0 aromatic rings. The highest BCUT2D eigenvalue weighted by atomic mass is 19.4. The van der Waals surface area contributed by atoms with Gasteiger partial charge in [0.05, 0.1) is 0 Å². The third-order valence-electron chi connectivity index (χ3n) is 4.37. The van der Waals surface area contributed by atoms with Crippen LogP contribution in [0.5, 0.6) is 0 Å². The first-order chi connectivity index (χ1) is 17.9. The normalized spacial score (nSPS) is 17.0. The van der Waals surface area contributed by atoms with Crippen LogP contribution in [0, 0.1) is 6.92 Å². The molecule has 0 amide bonds. The number of ether oxygens (including phenoxy) is 2. The summed E-state index contributed by atoms with van der Waals surface area (Å²) in [5.74, 6) is -67.3. The predicted octanol–water partition coefficient (Wildman–Crippen LogP) is 8.87. The zero-order valence-corrected chi connectivity index (χ0v) is 18.2. The fourth-order valence-electron chi connectivity index (χ4n) is 1.93. The van der Waals surface area contributed by atoms with E-state index in [1.807, 2.05) is 0 Å². The van der Waals surface area contributed by atoms with Gasteiger partial charge in [-0.15, -0.1) is 0 Å². The number of rotatable bonds is 13. The average molecular weight is 715 g/mol. The average Bonchev–Trinajstić information content (AvgIpc) is 2.69. The van der Waals surface area contributed by atoms with Crippen LogP contribution in [0.2, 0.25) is 0 Å². The molecule has 29 heteroatoms. The Balaban J connectivity index is 6.74. The van der Waals surface area contributed by atoms with E-state index < -0.39 is 78.0 Å². The largest absolute Gasteiger partial charge is 0.460 e. The van der Waals surface area contributed by atoms with Crippen LogP contribution in [0.15, 0.2) is 0 Å². The smallest absolute Gasteiger partial charge is 0.243 e. The molecule has 0 saturated carbocycles. The van der Waals surface area contributed by atoms with E-state index in [1.54, 1.807) is 0 Å². The summed E-state index contributed by atoms with van der Waals surface area (Å²) in [7, 11) is 0. The van der Waals surface area contributed by atoms with Crippen LogP contribution < -0.4 is 0 Å². The van der Waals surface area contributed by atoms with Gasteiger partial charge in [0.15, 0.2) is 0 Å². The van der Waals surface area contributed by atoms with Gasteiger partial charge >= 0.3 is 78.0 Å². The first-order valence-corrected chi connectivity index (χ1v) is 8.77. The van der Waals surface area contributed by atoms with Gasteiger partial charge in [0, 0.05) is 6.92 Å². The van der Waals surface area contributed by atoms with E-state index in [0.717, 1.165) is 16.4 Å². The van der Waals surface area contributed by atoms with Crippen molar-refractivity contribution in [2.75, 3.05) is 0 Å². The van der Waals surface area contributed by atoms with E-state index in [-0.39, 0.29) is 0 Å². The van der Waals surface area contributed by atoms with Gasteiger partial charge in [0.2, 0.25) is 0 Å². The second-order valence-electron chi connectivity index (χ2n) is 7.49. The molecular weight excluding hydrogens is 713 g/mol. The van der Waals surface area contributed by atoms with Gasteiger partial charge in [0.25, 0.3) is 0 Å². The molecule has 0 rings (SSSR count). The molecule has 0 heterocycles. The van der Waals surface area contributed by atoms with Crippen LogP contribution in [0.1, 0.15) is 0 Å². The minimum atomic E-state index is -9.06. The molecule has 0 atom stereocenters. The molecule has 0 unspecified atom stereocenters. The van der Waals surface area contributed by atoms with E-state index in [4.69, 9.17) is 0 Å². The van der Waals surface area contributed by atoms with E-state index in [1.165, 1.54) is 0 Å². The van der Waals surface area contributed by atoms with Crippen LogP contribution in [-0.2, 0) is 9.47 Å². The maximum atomic E-state index is 13.3. The molecule has 2 nitrogen and oxygen atoms in total. The van der Waals surface area contributed by atoms with Crippen molar-refractivity contribution in [1.29, 1.82) is 0 Å². The van der Waals surface area contributed by atoms with Gasteiger partial charge in [-0.2, -0.15) is 119 Å². The van der Waals surface area contributed by atoms with E-state index >= 15 is 0 Å². The summed E-state index contributed by atoms with van der Waals surface area (Å²) in [5.41, 5.74) is 0. The Morgan fingerprint density at radius 3 is 0.674 bits per heavy atom. The van der Waals surface area contributed by atoms with Gasteiger partial charge in [-0.25, -0.2) is 9.47 Å². The molecule has 0 spiro atoms. The standard InChI is InChI=1S/C14H2F27O2/c1-2(15,16)3(17,18)4(19,20)8(27,28)11(34,35)42-13(38,39)14(40,41)43-12(36,37)9(29,30)6(23,24)5(21,22)7(25,26)10(31,32)33/h1H2. The highest BCUT2D eigenvalue weighted by molar-refractivity contribution is 5.09. The Labute approximate surface area is 214 Å². The Kier molecular flexibility index (Phi) is 9.56. The van der Waals surface area contributed by atoms with Gasteiger partial charge in [0.1, 0.15) is 0 Å². The lowest BCUT2D eigenvalue weighted by molar-refractivity contribution is -0.559. The fourth-order valence-corrected chi connectivity index (χ4v) is 1.93. The second kappa shape index (κ2) is 10.0. The van der Waals surface area contributed by atoms with Crippen LogP contribution in [0.3, 0.4) is 0 Å². The molecule has 259 valence electrons. The van der Waals surface area contributed by atoms with Crippen LogP contribution in [-0.4, -0.2) is 78.0 Å². The minimum absolute atomic E-state index is 0.798. The Morgan fingerprint density at radius 2 is 0.465 bits per heavy atom. The molecular formula is C14H2F27O2. The monoisotopic (exact) mass is 715 g/mol. The molecule has 0 aromatic heterocycles. The van der Waals surface area contributed by atoms with Crippen molar-refractivity contribution in [1.82, 2.24) is 0 Å². The molecule has 0 N–H and O–H groups in total. The van der Waals surface area contributed by atoms with E-state index in [9.17, 15) is 119 Å². The van der Waals surface area contributed by atoms with Crippen molar-refractivity contribution in [3.05, 3.63) is 6.92 Å². The van der Waals surface area contributed by atoms with E-state index in [0.29, 0.717) is 0 Å². The summed E-state index contributed by atoms with van der Waals surface area (Å²) in [6.07, 6.45) is -42.3. The number of halogens is 27. The topological polar surface area (TPSA) is 18.5 Å². The molecule has 0 aliphatic carbocycles. The van der Waals surface area contributed by atoms with Gasteiger partial charge in [-0.1, -0.05) is 0 Å². The van der Waals surface area contributed by atoms with Crippen molar-refractivity contribution in [3.63, 3.8) is 0 Å². The molecule has 0 saturated heterocycles. The van der Waals surface area contributed by atoms with Crippen LogP contribution >= 0.6 is 0 Å². The lowest BCUT2D eigenvalue weighted by Crippen LogP contribution is -2.71. The highest BCUT2D eigenvalue weighted by Crippen LogP contribution is 2.62. The number of alkyl halides is 27. The van der Waals surface area contributed by atoms with Crippen molar-refractivity contribution in [2.45, 2.75) is 78.0 Å². The van der Waals surface area contributed by atoms with E-state index in [2.05, 4.69) is 0 Å². The molecule has 0 aliphatic heterocycles. The van der Waals surface area contributed by atoms with Crippen molar-refractivity contribution < 1.29 is 128 Å². The molecule has 0 fully saturated rings. The quantitative estimate of drug-likeness (QED) is 0.178. The number of hydrogen-bond acceptors (Lipinski definition) is 2. The van der Waals surface area contributed by atoms with Crippen molar-refractivity contribution >= 4 is 0 Å². The number of hydrogen-bond donors (Lipinski definition) is 0. The molecule has 0 aliphatic rings. The SMILES string of the molecule is [CH2]C(F)(F)C(F)(F)C(F)(F)C(F)(F)C(F)(F)OC(F)(F)C(F)(F)OC(F)(F)C(F)(F)C(F)(F)C(F)(F)C(F)(F)C(F)(F)F. The molecule has 43 heavy (non-hydrogen) atoms. The summed E-state index contributed by atoms with van der Waals surface area (Å²) in [4.78, 5) is 0. The lowest BCUT2D eigenvalue weighted by Gasteiger charge is -2.41. The van der Waals surface area contributed by atoms with Crippen molar-refractivity contribution in [2.24, 2.45) is 0 Å². The maximum absolute atomic E-state index is 13.3. The Hall–Kier alpha value is -1.97. The summed E-state index contributed by atoms with van der Waals surface area (Å²) < 4.78 is 351. The summed E-state index contributed by atoms with van der Waals surface area (Å²) in [6.45, 7) is 0.798. The predicted molar refractivity (Wildman–Crippen MR) is 72.9 cm³/mol. The minimum Gasteiger partial charge on any atom is -0.243 e. The van der Waals surface area contributed by atoms with Crippen LogP contribution in [0.4, 0.5) is 119 Å². The second-order valence-corrected chi connectivity index (χ2v) is 7.49. The summed E-state index contributed by atoms with van der Waals surface area (Å²) in [5, 5.41) is 0. The zero-order valence-electron chi connectivity index (χ0n) is 18.2. The third kappa shape index (κ3) is 5.79. The first-order valence-electron chi connectivity index (χ1n) is 8.77. The van der Waals surface area contributed by atoms with Crippen molar-refractivity contribution in [3.8, 4) is 0 Å². The lowest BCUT2D eigenvalue weighted by atomic mass is 9.97. The Morgan fingerprint density at radius 1 is 0.256 bits per heavy atom. The molecule has 0 bridgehead atoms. The maximum Gasteiger partial charge on any atom is 0.460 e. The highest BCUT2D eigenvalue weighted by Gasteiger charge is 2.93. The molecule has 1 radical (unpaired) electrons. The fraction of sp³-hybridized carbons (Fsp3) is 0.929. The van der Waals surface area contributed by atoms with Gasteiger partial charge < -0.3 is 0 Å². The summed E-state index contributed by atoms with van der Waals surface area (Å²) in [6, 6.07) is 0.